The van der Waals surface area contributed by atoms with Gasteiger partial charge in [-0.1, -0.05) is 306 Å². The van der Waals surface area contributed by atoms with E-state index in [0.29, 0.717) is 37.5 Å². The molecule has 0 aromatic rings. The van der Waals surface area contributed by atoms with Crippen LogP contribution in [-0.2, 0) is 65.4 Å². The molecular weight excluding hydrogens is 1200 g/mol. The number of aliphatic hydroxyl groups excluding tert-OH is 1. The molecule has 0 aromatic carbocycles. The van der Waals surface area contributed by atoms with Crippen molar-refractivity contribution in [1.82, 2.24) is 0 Å². The van der Waals surface area contributed by atoms with Crippen molar-refractivity contribution in [3.05, 3.63) is 0 Å². The maximum absolute atomic E-state index is 13.0. The summed E-state index contributed by atoms with van der Waals surface area (Å²) in [6.07, 6.45) is 44.7. The largest absolute Gasteiger partial charge is 0.472 e. The Morgan fingerprint density at radius 3 is 0.780 bits per heavy atom. The average molecular weight is 1340 g/mol. The molecule has 6 atom stereocenters. The standard InChI is InChI=1S/C72H140O17P2/c1-9-65(8)51-43-35-26-20-17-18-21-27-36-44-52-69(74)82-58-67(88-71(76)54-46-38-28-22-16-14-12-10-11-13-15-19-24-32-40-48-62(2)3)60-86-90(78,79)84-56-66(73)57-85-91(80,81)87-61-68(89-72(77)55-47-39-31-30-34-42-50-64(6)7)59-83-70(75)53-45-37-29-23-25-33-41-49-63(4)5/h62-68,73H,9-61H2,1-8H3,(H,78,79)(H,80,81)/t65?,66?,67-,68-/m1/s1. The monoisotopic (exact) mass is 1340 g/mol. The summed E-state index contributed by atoms with van der Waals surface area (Å²) >= 11 is 0. The minimum atomic E-state index is -4.95. The fraction of sp³-hybridized carbons (Fsp3) is 0.944. The summed E-state index contributed by atoms with van der Waals surface area (Å²) in [5, 5.41) is 10.6. The molecule has 91 heavy (non-hydrogen) atoms. The van der Waals surface area contributed by atoms with E-state index in [1.807, 2.05) is 0 Å². The van der Waals surface area contributed by atoms with Crippen LogP contribution in [0.2, 0.25) is 0 Å². The molecule has 3 N–H and O–H groups in total. The van der Waals surface area contributed by atoms with E-state index >= 15 is 0 Å². The van der Waals surface area contributed by atoms with Gasteiger partial charge in [0.25, 0.3) is 0 Å². The highest BCUT2D eigenvalue weighted by atomic mass is 31.2. The van der Waals surface area contributed by atoms with Gasteiger partial charge in [0.15, 0.2) is 12.2 Å². The van der Waals surface area contributed by atoms with Crippen molar-refractivity contribution in [1.29, 1.82) is 0 Å². The maximum Gasteiger partial charge on any atom is 0.472 e. The molecule has 4 unspecified atom stereocenters. The van der Waals surface area contributed by atoms with Crippen LogP contribution in [0, 0.1) is 23.7 Å². The molecule has 0 aromatic heterocycles. The minimum Gasteiger partial charge on any atom is -0.462 e. The van der Waals surface area contributed by atoms with Crippen LogP contribution < -0.4 is 0 Å². The van der Waals surface area contributed by atoms with Crippen molar-refractivity contribution in [3.63, 3.8) is 0 Å². The zero-order chi connectivity index (χ0) is 67.5. The van der Waals surface area contributed by atoms with E-state index in [4.69, 9.17) is 37.0 Å². The topological polar surface area (TPSA) is 237 Å². The second-order valence-corrected chi connectivity index (χ2v) is 30.6. The van der Waals surface area contributed by atoms with Gasteiger partial charge in [0, 0.05) is 25.7 Å². The molecule has 0 bridgehead atoms. The number of carbonyl (C=O) groups is 4. The molecule has 0 fully saturated rings. The molecule has 0 rings (SSSR count). The number of carbonyl (C=O) groups excluding carboxylic acids is 4. The first kappa shape index (κ1) is 89.1. The quantitative estimate of drug-likeness (QED) is 0.0222. The van der Waals surface area contributed by atoms with Gasteiger partial charge >= 0.3 is 39.5 Å². The molecule has 540 valence electrons. The number of ether oxygens (including phenoxy) is 4. The summed E-state index contributed by atoms with van der Waals surface area (Å²) in [4.78, 5) is 72.6. The molecule has 0 spiro atoms. The lowest BCUT2D eigenvalue weighted by Gasteiger charge is -2.21. The number of rotatable bonds is 69. The van der Waals surface area contributed by atoms with Gasteiger partial charge in [-0.25, -0.2) is 9.13 Å². The van der Waals surface area contributed by atoms with Crippen molar-refractivity contribution < 1.29 is 80.2 Å². The molecule has 0 heterocycles. The lowest BCUT2D eigenvalue weighted by molar-refractivity contribution is -0.161. The smallest absolute Gasteiger partial charge is 0.462 e. The first-order valence-corrected chi connectivity index (χ1v) is 40.2. The van der Waals surface area contributed by atoms with Gasteiger partial charge in [-0.05, 0) is 49.4 Å². The average Bonchev–Trinajstić information content (AvgIpc) is 3.38. The first-order valence-electron chi connectivity index (χ1n) is 37.2. The van der Waals surface area contributed by atoms with E-state index in [9.17, 15) is 43.2 Å². The lowest BCUT2D eigenvalue weighted by atomic mass is 9.99. The van der Waals surface area contributed by atoms with Crippen LogP contribution in [0.5, 0.6) is 0 Å². The molecular formula is C72H140O17P2. The van der Waals surface area contributed by atoms with Crippen molar-refractivity contribution in [3.8, 4) is 0 Å². The zero-order valence-electron chi connectivity index (χ0n) is 59.5. The Bertz CT molecular complexity index is 1800. The van der Waals surface area contributed by atoms with Gasteiger partial charge in [0.1, 0.15) is 19.3 Å². The number of phosphoric ester groups is 2. The van der Waals surface area contributed by atoms with Gasteiger partial charge < -0.3 is 33.8 Å². The molecule has 0 saturated heterocycles. The van der Waals surface area contributed by atoms with Gasteiger partial charge in [-0.3, -0.25) is 37.3 Å². The van der Waals surface area contributed by atoms with Crippen LogP contribution in [-0.4, -0.2) is 96.7 Å². The summed E-state index contributed by atoms with van der Waals surface area (Å²) in [6.45, 7) is 14.1. The van der Waals surface area contributed by atoms with E-state index in [0.717, 1.165) is 108 Å². The predicted octanol–water partition coefficient (Wildman–Crippen LogP) is 20.5. The maximum atomic E-state index is 13.0. The first-order chi connectivity index (χ1) is 43.6. The third kappa shape index (κ3) is 65.1. The van der Waals surface area contributed by atoms with E-state index < -0.39 is 97.5 Å². The number of hydrogen-bond acceptors (Lipinski definition) is 15. The summed E-state index contributed by atoms with van der Waals surface area (Å²) < 4.78 is 68.3. The number of hydrogen-bond donors (Lipinski definition) is 3. The van der Waals surface area contributed by atoms with E-state index in [1.54, 1.807) is 0 Å². The van der Waals surface area contributed by atoms with Gasteiger partial charge in [-0.15, -0.1) is 0 Å². The Hall–Kier alpha value is -1.94. The molecule has 0 radical (unpaired) electrons. The molecule has 0 amide bonds. The van der Waals surface area contributed by atoms with Crippen LogP contribution >= 0.6 is 15.6 Å². The van der Waals surface area contributed by atoms with Crippen molar-refractivity contribution in [2.24, 2.45) is 23.7 Å². The third-order valence-electron chi connectivity index (χ3n) is 16.9. The van der Waals surface area contributed by atoms with Crippen LogP contribution in [0.15, 0.2) is 0 Å². The van der Waals surface area contributed by atoms with Gasteiger partial charge in [0.2, 0.25) is 0 Å². The zero-order valence-corrected chi connectivity index (χ0v) is 61.3. The molecule has 19 heteroatoms. The third-order valence-corrected chi connectivity index (χ3v) is 18.8. The fourth-order valence-corrected chi connectivity index (χ4v) is 12.4. The van der Waals surface area contributed by atoms with Crippen molar-refractivity contribution in [2.45, 2.75) is 375 Å². The Morgan fingerprint density at radius 1 is 0.308 bits per heavy atom. The highest BCUT2D eigenvalue weighted by Crippen LogP contribution is 2.45. The normalized spacial score (nSPS) is 14.5. The van der Waals surface area contributed by atoms with Crippen LogP contribution in [0.1, 0.15) is 357 Å². The minimum absolute atomic E-state index is 0.101. The number of aliphatic hydroxyl groups is 1. The van der Waals surface area contributed by atoms with Crippen LogP contribution in [0.4, 0.5) is 0 Å². The Kier molecular flexibility index (Phi) is 60.3. The summed E-state index contributed by atoms with van der Waals surface area (Å²) in [6, 6.07) is 0. The number of esters is 4. The molecule has 0 aliphatic heterocycles. The fourth-order valence-electron chi connectivity index (χ4n) is 10.8. The second-order valence-electron chi connectivity index (χ2n) is 27.6. The summed E-state index contributed by atoms with van der Waals surface area (Å²) in [7, 11) is -9.90. The highest BCUT2D eigenvalue weighted by molar-refractivity contribution is 7.47. The van der Waals surface area contributed by atoms with E-state index in [2.05, 4.69) is 55.4 Å². The molecule has 0 saturated carbocycles. The van der Waals surface area contributed by atoms with Gasteiger partial charge in [0.05, 0.1) is 26.4 Å². The van der Waals surface area contributed by atoms with Crippen molar-refractivity contribution in [2.75, 3.05) is 39.6 Å². The second kappa shape index (κ2) is 61.6. The van der Waals surface area contributed by atoms with E-state index in [-0.39, 0.29) is 25.7 Å². The molecule has 17 nitrogen and oxygen atoms in total. The lowest BCUT2D eigenvalue weighted by Crippen LogP contribution is -2.30. The number of unbranched alkanes of at least 4 members (excludes halogenated alkanes) is 34. The Balaban J connectivity index is 5.22. The Labute approximate surface area is 556 Å². The van der Waals surface area contributed by atoms with E-state index in [1.165, 1.54) is 154 Å². The summed E-state index contributed by atoms with van der Waals surface area (Å²) in [5.74, 6) is 0.855. The van der Waals surface area contributed by atoms with Crippen molar-refractivity contribution >= 4 is 39.5 Å². The SMILES string of the molecule is CCC(C)CCCCCCCCCCCCC(=O)OC[C@H](COP(=O)(O)OCC(O)COP(=O)(O)OC[C@@H](COC(=O)CCCCCCCCCC(C)C)OC(=O)CCCCCCCCC(C)C)OC(=O)CCCCCCCCCCCCCCCCCC(C)C. The summed E-state index contributed by atoms with van der Waals surface area (Å²) in [5.41, 5.74) is 0. The van der Waals surface area contributed by atoms with Gasteiger partial charge in [-0.2, -0.15) is 0 Å². The van der Waals surface area contributed by atoms with Crippen LogP contribution in [0.3, 0.4) is 0 Å². The molecule has 0 aliphatic rings. The highest BCUT2D eigenvalue weighted by Gasteiger charge is 2.30. The molecule has 0 aliphatic carbocycles. The van der Waals surface area contributed by atoms with Crippen LogP contribution in [0.25, 0.3) is 0 Å². The predicted molar refractivity (Wildman–Crippen MR) is 367 cm³/mol. The number of phosphoric acid groups is 2. The Morgan fingerprint density at radius 2 is 0.527 bits per heavy atom.